The predicted molar refractivity (Wildman–Crippen MR) is 99.0 cm³/mol. The molecule has 1 aromatic carbocycles. The third-order valence-electron chi connectivity index (χ3n) is 5.81. The summed E-state index contributed by atoms with van der Waals surface area (Å²) < 4.78 is 5.06. The molecule has 0 spiro atoms. The number of benzene rings is 1. The smallest absolute Gasteiger partial charge is 0.313 e. The van der Waals surface area contributed by atoms with Gasteiger partial charge in [0.2, 0.25) is 11.8 Å². The second-order valence-corrected chi connectivity index (χ2v) is 7.48. The molecule has 2 saturated heterocycles. The van der Waals surface area contributed by atoms with Gasteiger partial charge in [0.15, 0.2) is 5.78 Å². The summed E-state index contributed by atoms with van der Waals surface area (Å²) in [4.78, 5) is 51.5. The number of carboxylic acid groups (broad SMARTS) is 1. The van der Waals surface area contributed by atoms with Crippen LogP contribution in [0.4, 0.5) is 0 Å². The summed E-state index contributed by atoms with van der Waals surface area (Å²) in [7, 11) is 1.54. The summed E-state index contributed by atoms with van der Waals surface area (Å²) in [6.45, 7) is 2.26. The Bertz CT molecular complexity index is 805. The number of amides is 2. The van der Waals surface area contributed by atoms with Crippen molar-refractivity contribution in [2.75, 3.05) is 33.3 Å². The number of ketones is 1. The first kappa shape index (κ1) is 19.9. The average Bonchev–Trinajstić information content (AvgIpc) is 3.22. The van der Waals surface area contributed by atoms with E-state index in [1.165, 1.54) is 16.7 Å². The Labute approximate surface area is 163 Å². The molecule has 28 heavy (non-hydrogen) atoms. The maximum absolute atomic E-state index is 12.6. The second-order valence-electron chi connectivity index (χ2n) is 7.48. The standard InChI is InChI=1S/C20H24N2O6/c1-13(23)21-9-15-10-22(12-20(15,11-21)19(26)27)18(25)8-7-17(24)14-3-5-16(28-2)6-4-14/h3-6,15H,7-12H2,1-2H3,(H,26,27)/t15-,20-/m0/s1. The Morgan fingerprint density at radius 1 is 1.07 bits per heavy atom. The lowest BCUT2D eigenvalue weighted by atomic mass is 9.81. The van der Waals surface area contributed by atoms with E-state index in [0.29, 0.717) is 24.4 Å². The molecule has 2 amide bonds. The van der Waals surface area contributed by atoms with E-state index >= 15 is 0 Å². The Morgan fingerprint density at radius 2 is 1.68 bits per heavy atom. The van der Waals surface area contributed by atoms with E-state index < -0.39 is 11.4 Å². The van der Waals surface area contributed by atoms with Crippen LogP contribution >= 0.6 is 0 Å². The molecule has 0 aliphatic carbocycles. The summed E-state index contributed by atoms with van der Waals surface area (Å²) in [5, 5.41) is 9.74. The van der Waals surface area contributed by atoms with Gasteiger partial charge in [0.1, 0.15) is 11.2 Å². The lowest BCUT2D eigenvalue weighted by Crippen LogP contribution is -2.42. The van der Waals surface area contributed by atoms with Crippen LogP contribution in [0.2, 0.25) is 0 Å². The third kappa shape index (κ3) is 3.58. The van der Waals surface area contributed by atoms with Crippen molar-refractivity contribution >= 4 is 23.6 Å². The van der Waals surface area contributed by atoms with Crippen molar-refractivity contribution in [2.24, 2.45) is 11.3 Å². The molecule has 2 fully saturated rings. The molecule has 0 aromatic heterocycles. The largest absolute Gasteiger partial charge is 0.497 e. The lowest BCUT2D eigenvalue weighted by molar-refractivity contribution is -0.149. The minimum absolute atomic E-state index is 0.0315. The maximum Gasteiger partial charge on any atom is 0.313 e. The van der Waals surface area contributed by atoms with Crippen LogP contribution in [0.1, 0.15) is 30.1 Å². The van der Waals surface area contributed by atoms with Gasteiger partial charge < -0.3 is 19.6 Å². The van der Waals surface area contributed by atoms with Crippen LogP contribution in [0, 0.1) is 11.3 Å². The number of carbonyl (C=O) groups is 4. The monoisotopic (exact) mass is 388 g/mol. The minimum Gasteiger partial charge on any atom is -0.497 e. The number of fused-ring (bicyclic) bond motifs is 1. The Kier molecular flexibility index (Phi) is 5.40. The first-order valence-electron chi connectivity index (χ1n) is 9.21. The first-order valence-corrected chi connectivity index (χ1v) is 9.21. The molecule has 0 unspecified atom stereocenters. The highest BCUT2D eigenvalue weighted by molar-refractivity contribution is 5.98. The Hall–Kier alpha value is -2.90. The van der Waals surface area contributed by atoms with Gasteiger partial charge in [-0.2, -0.15) is 0 Å². The highest BCUT2D eigenvalue weighted by Crippen LogP contribution is 2.43. The van der Waals surface area contributed by atoms with Crippen molar-refractivity contribution in [3.05, 3.63) is 29.8 Å². The molecule has 8 nitrogen and oxygen atoms in total. The first-order chi connectivity index (χ1) is 13.3. The van der Waals surface area contributed by atoms with Gasteiger partial charge in [0.25, 0.3) is 0 Å². The molecule has 2 atom stereocenters. The second kappa shape index (κ2) is 7.61. The number of aliphatic carboxylic acids is 1. The molecule has 0 saturated carbocycles. The van der Waals surface area contributed by atoms with Crippen molar-refractivity contribution < 1.29 is 29.0 Å². The molecule has 8 heteroatoms. The van der Waals surface area contributed by atoms with Crippen molar-refractivity contribution in [2.45, 2.75) is 19.8 Å². The number of hydrogen-bond donors (Lipinski definition) is 1. The van der Waals surface area contributed by atoms with E-state index in [1.54, 1.807) is 31.4 Å². The number of Topliss-reactive ketones (excluding diaryl/α,β-unsaturated/α-hetero) is 1. The topological polar surface area (TPSA) is 104 Å². The number of carboxylic acids is 1. The van der Waals surface area contributed by atoms with E-state index in [0.717, 1.165) is 0 Å². The molecule has 2 heterocycles. The Morgan fingerprint density at radius 3 is 2.21 bits per heavy atom. The van der Waals surface area contributed by atoms with Gasteiger partial charge in [-0.25, -0.2) is 0 Å². The summed E-state index contributed by atoms with van der Waals surface area (Å²) >= 11 is 0. The molecular formula is C20H24N2O6. The molecule has 0 radical (unpaired) electrons. The van der Waals surface area contributed by atoms with E-state index in [2.05, 4.69) is 0 Å². The molecule has 150 valence electrons. The van der Waals surface area contributed by atoms with E-state index in [1.807, 2.05) is 0 Å². The quantitative estimate of drug-likeness (QED) is 0.731. The van der Waals surface area contributed by atoms with Crippen LogP contribution in [0.3, 0.4) is 0 Å². The van der Waals surface area contributed by atoms with Crippen molar-refractivity contribution in [1.82, 2.24) is 9.80 Å². The number of carbonyl (C=O) groups excluding carboxylic acids is 3. The SMILES string of the molecule is COc1ccc(C(=O)CCC(=O)N2C[C@@H]3CN(C(C)=O)C[C@]3(C(=O)O)C2)cc1. The van der Waals surface area contributed by atoms with Crippen molar-refractivity contribution in [1.29, 1.82) is 0 Å². The fraction of sp³-hybridized carbons (Fsp3) is 0.500. The van der Waals surface area contributed by atoms with Gasteiger partial charge in [-0.1, -0.05) is 0 Å². The third-order valence-corrected chi connectivity index (χ3v) is 5.81. The van der Waals surface area contributed by atoms with Crippen LogP contribution < -0.4 is 4.74 Å². The molecule has 0 bridgehead atoms. The minimum atomic E-state index is -1.11. The fourth-order valence-corrected chi connectivity index (χ4v) is 4.10. The summed E-state index contributed by atoms with van der Waals surface area (Å²) in [6.07, 6.45) is 0.0929. The van der Waals surface area contributed by atoms with E-state index in [-0.39, 0.29) is 49.4 Å². The maximum atomic E-state index is 12.6. The predicted octanol–water partition coefficient (Wildman–Crippen LogP) is 1.05. The fourth-order valence-electron chi connectivity index (χ4n) is 4.10. The van der Waals surface area contributed by atoms with Crippen LogP contribution in [0.15, 0.2) is 24.3 Å². The van der Waals surface area contributed by atoms with Crippen molar-refractivity contribution in [3.8, 4) is 5.75 Å². The zero-order valence-corrected chi connectivity index (χ0v) is 16.0. The van der Waals surface area contributed by atoms with Gasteiger partial charge in [-0.05, 0) is 24.3 Å². The van der Waals surface area contributed by atoms with Gasteiger partial charge in [0, 0.05) is 57.4 Å². The highest BCUT2D eigenvalue weighted by atomic mass is 16.5. The van der Waals surface area contributed by atoms with Crippen LogP contribution in [0.5, 0.6) is 5.75 Å². The number of ether oxygens (including phenoxy) is 1. The van der Waals surface area contributed by atoms with Crippen LogP contribution in [-0.2, 0) is 14.4 Å². The Balaban J connectivity index is 1.59. The molecule has 1 N–H and O–H groups in total. The summed E-state index contributed by atoms with van der Waals surface area (Å²) in [5.74, 6) is -1.15. The average molecular weight is 388 g/mol. The normalized spacial score (nSPS) is 23.4. The van der Waals surface area contributed by atoms with Gasteiger partial charge in [-0.15, -0.1) is 0 Å². The highest BCUT2D eigenvalue weighted by Gasteiger charge is 2.58. The molecule has 3 rings (SSSR count). The number of hydrogen-bond acceptors (Lipinski definition) is 5. The number of likely N-dealkylation sites (tertiary alicyclic amines) is 2. The summed E-state index contributed by atoms with van der Waals surface area (Å²) in [6, 6.07) is 6.69. The van der Waals surface area contributed by atoms with Crippen molar-refractivity contribution in [3.63, 3.8) is 0 Å². The lowest BCUT2D eigenvalue weighted by Gasteiger charge is -2.25. The molecule has 2 aliphatic rings. The molecule has 1 aromatic rings. The van der Waals surface area contributed by atoms with Crippen LogP contribution in [0.25, 0.3) is 0 Å². The zero-order valence-electron chi connectivity index (χ0n) is 16.0. The molecular weight excluding hydrogens is 364 g/mol. The van der Waals surface area contributed by atoms with E-state index in [9.17, 15) is 24.3 Å². The van der Waals surface area contributed by atoms with Gasteiger partial charge in [0.05, 0.1) is 7.11 Å². The number of methoxy groups -OCH3 is 1. The van der Waals surface area contributed by atoms with Gasteiger partial charge >= 0.3 is 5.97 Å². The van der Waals surface area contributed by atoms with E-state index in [4.69, 9.17) is 4.74 Å². The number of rotatable bonds is 6. The number of nitrogens with zero attached hydrogens (tertiary/aromatic N) is 2. The van der Waals surface area contributed by atoms with Crippen LogP contribution in [-0.4, -0.2) is 71.8 Å². The van der Waals surface area contributed by atoms with Gasteiger partial charge in [-0.3, -0.25) is 19.2 Å². The summed E-state index contributed by atoms with van der Waals surface area (Å²) in [5.41, 5.74) is -0.604. The zero-order chi connectivity index (χ0) is 20.5. The molecule has 2 aliphatic heterocycles.